The van der Waals surface area contributed by atoms with E-state index in [9.17, 15) is 23.1 Å². The van der Waals surface area contributed by atoms with Crippen LogP contribution in [0, 0.1) is 0 Å². The zero-order valence-electron chi connectivity index (χ0n) is 12.6. The first kappa shape index (κ1) is 19.1. The first-order valence-corrected chi connectivity index (χ1v) is 6.60. The van der Waals surface area contributed by atoms with Gasteiger partial charge in [-0.25, -0.2) is 0 Å². The topological polar surface area (TPSA) is 49.4 Å². The van der Waals surface area contributed by atoms with Gasteiger partial charge in [-0.3, -0.25) is 0 Å². The molecule has 0 radical (unpaired) electrons. The summed E-state index contributed by atoms with van der Waals surface area (Å²) in [6.07, 6.45) is -5.11. The zero-order chi connectivity index (χ0) is 15.8. The number of alkyl halides is 3. The number of carbonyl (C=O) groups excluding carboxylic acids is 1. The summed E-state index contributed by atoms with van der Waals surface area (Å²) >= 11 is 0. The second-order valence-electron chi connectivity index (χ2n) is 4.81. The molecule has 0 aliphatic carbocycles. The fourth-order valence-electron chi connectivity index (χ4n) is 2.33. The molecule has 1 heterocycles. The van der Waals surface area contributed by atoms with Crippen molar-refractivity contribution >= 4 is 12.0 Å². The number of hydrogen-bond acceptors (Lipinski definition) is 3. The van der Waals surface area contributed by atoms with Crippen LogP contribution in [0.1, 0.15) is 30.5 Å². The molecular weight excluding hydrogens is 308 g/mol. The molecule has 0 saturated heterocycles. The zero-order valence-corrected chi connectivity index (χ0v) is 14.6. The van der Waals surface area contributed by atoms with Crippen LogP contribution < -0.4 is 39.4 Å². The van der Waals surface area contributed by atoms with Gasteiger partial charge in [0.25, 0.3) is 0 Å². The third kappa shape index (κ3) is 3.67. The Labute approximate surface area is 148 Å². The Bertz CT molecular complexity index is 609. The summed E-state index contributed by atoms with van der Waals surface area (Å²) in [6.45, 7) is 3.71. The van der Waals surface area contributed by atoms with Crippen LogP contribution in [0.3, 0.4) is 0 Å². The maximum absolute atomic E-state index is 13.0. The molecule has 1 aromatic rings. The molecule has 0 fully saturated rings. The van der Waals surface area contributed by atoms with Crippen molar-refractivity contribution in [2.75, 3.05) is 0 Å². The molecule has 1 aliphatic heterocycles. The Morgan fingerprint density at radius 3 is 2.36 bits per heavy atom. The van der Waals surface area contributed by atoms with E-state index in [0.717, 1.165) is 11.6 Å². The van der Waals surface area contributed by atoms with Gasteiger partial charge in [0, 0.05) is 11.1 Å². The van der Waals surface area contributed by atoms with E-state index in [0.29, 0.717) is 24.0 Å². The van der Waals surface area contributed by atoms with Crippen LogP contribution >= 0.6 is 0 Å². The standard InChI is InChI=1S/C15H15F3O3.Na/c1-3-8-5-9(4-2)12-10(6-8)7-11(14(19)20)13(21-12)15(16,17)18;/h5-7,13H,3-4H2,1-2H3,(H,19,20);/q;+1/p-1. The largest absolute Gasteiger partial charge is 1.00 e. The van der Waals surface area contributed by atoms with Gasteiger partial charge in [0.1, 0.15) is 5.75 Å². The van der Waals surface area contributed by atoms with Crippen LogP contribution in [-0.4, -0.2) is 18.2 Å². The van der Waals surface area contributed by atoms with Crippen molar-refractivity contribution in [3.05, 3.63) is 34.4 Å². The molecule has 0 saturated carbocycles. The molecule has 22 heavy (non-hydrogen) atoms. The van der Waals surface area contributed by atoms with Crippen molar-refractivity contribution in [1.82, 2.24) is 0 Å². The van der Waals surface area contributed by atoms with Crippen LogP contribution in [0.2, 0.25) is 0 Å². The molecule has 1 aliphatic rings. The quantitative estimate of drug-likeness (QED) is 0.690. The van der Waals surface area contributed by atoms with Crippen molar-refractivity contribution in [3.63, 3.8) is 0 Å². The monoisotopic (exact) mass is 322 g/mol. The van der Waals surface area contributed by atoms with E-state index in [1.807, 2.05) is 6.92 Å². The van der Waals surface area contributed by atoms with Crippen LogP contribution in [-0.2, 0) is 17.6 Å². The molecule has 7 heteroatoms. The molecule has 0 amide bonds. The Balaban J connectivity index is 0.00000242. The fraction of sp³-hybridized carbons (Fsp3) is 0.400. The second kappa shape index (κ2) is 7.06. The van der Waals surface area contributed by atoms with Gasteiger partial charge in [-0.2, -0.15) is 13.2 Å². The molecule has 0 N–H and O–H groups in total. The number of aliphatic carboxylic acids is 1. The van der Waals surface area contributed by atoms with E-state index < -0.39 is 23.8 Å². The molecule has 1 aromatic carbocycles. The average molecular weight is 322 g/mol. The molecule has 1 atom stereocenters. The van der Waals surface area contributed by atoms with Gasteiger partial charge in [-0.05, 0) is 36.1 Å². The van der Waals surface area contributed by atoms with E-state index in [2.05, 4.69) is 0 Å². The first-order valence-electron chi connectivity index (χ1n) is 6.60. The van der Waals surface area contributed by atoms with E-state index in [1.54, 1.807) is 19.1 Å². The number of halogens is 3. The van der Waals surface area contributed by atoms with Gasteiger partial charge < -0.3 is 14.6 Å². The Morgan fingerprint density at radius 2 is 1.91 bits per heavy atom. The van der Waals surface area contributed by atoms with Crippen LogP contribution in [0.25, 0.3) is 6.08 Å². The smallest absolute Gasteiger partial charge is 0.545 e. The second-order valence-corrected chi connectivity index (χ2v) is 4.81. The van der Waals surface area contributed by atoms with E-state index in [1.165, 1.54) is 0 Å². The van der Waals surface area contributed by atoms with Gasteiger partial charge >= 0.3 is 35.7 Å². The summed E-state index contributed by atoms with van der Waals surface area (Å²) in [5.74, 6) is -1.77. The Hall–Kier alpha value is -0.980. The summed E-state index contributed by atoms with van der Waals surface area (Å²) in [5.41, 5.74) is 0.997. The summed E-state index contributed by atoms with van der Waals surface area (Å²) in [5, 5.41) is 11.0. The van der Waals surface area contributed by atoms with Gasteiger partial charge in [0.15, 0.2) is 0 Å². The predicted molar refractivity (Wildman–Crippen MR) is 68.7 cm³/mol. The van der Waals surface area contributed by atoms with Gasteiger partial charge in [-0.15, -0.1) is 0 Å². The third-order valence-electron chi connectivity index (χ3n) is 3.41. The van der Waals surface area contributed by atoms with Crippen molar-refractivity contribution in [2.24, 2.45) is 0 Å². The summed E-state index contributed by atoms with van der Waals surface area (Å²) in [4.78, 5) is 11.0. The summed E-state index contributed by atoms with van der Waals surface area (Å²) in [7, 11) is 0. The van der Waals surface area contributed by atoms with E-state index in [-0.39, 0.29) is 35.3 Å². The average Bonchev–Trinajstić information content (AvgIpc) is 2.43. The van der Waals surface area contributed by atoms with E-state index >= 15 is 0 Å². The molecule has 2 rings (SSSR count). The molecule has 114 valence electrons. The number of carbonyl (C=O) groups is 1. The first-order chi connectivity index (χ1) is 9.77. The predicted octanol–water partition coefficient (Wildman–Crippen LogP) is -0.728. The van der Waals surface area contributed by atoms with Crippen LogP contribution in [0.4, 0.5) is 13.2 Å². The number of rotatable bonds is 3. The van der Waals surface area contributed by atoms with Crippen molar-refractivity contribution in [1.29, 1.82) is 0 Å². The minimum absolute atomic E-state index is 0. The maximum atomic E-state index is 13.0. The normalized spacial score (nSPS) is 17.0. The Kier molecular flexibility index (Phi) is 6.12. The number of benzene rings is 1. The van der Waals surface area contributed by atoms with Crippen molar-refractivity contribution < 1.29 is 57.4 Å². The minimum atomic E-state index is -4.81. The van der Waals surface area contributed by atoms with Crippen LogP contribution in [0.5, 0.6) is 5.75 Å². The number of fused-ring (bicyclic) bond motifs is 1. The molecule has 3 nitrogen and oxygen atoms in total. The molecule has 0 aromatic heterocycles. The number of carboxylic acids is 1. The fourth-order valence-corrected chi connectivity index (χ4v) is 2.33. The number of aryl methyl sites for hydroxylation is 2. The van der Waals surface area contributed by atoms with Gasteiger partial charge in [0.2, 0.25) is 6.10 Å². The minimum Gasteiger partial charge on any atom is -0.545 e. The summed E-state index contributed by atoms with van der Waals surface area (Å²) in [6, 6.07) is 3.42. The Morgan fingerprint density at radius 1 is 1.27 bits per heavy atom. The number of ether oxygens (including phenoxy) is 1. The number of hydrogen-bond donors (Lipinski definition) is 0. The molecule has 0 spiro atoms. The number of carboxylic acid groups (broad SMARTS) is 1. The maximum Gasteiger partial charge on any atom is 1.00 e. The van der Waals surface area contributed by atoms with Crippen molar-refractivity contribution in [2.45, 2.75) is 39.0 Å². The molecule has 1 unspecified atom stereocenters. The van der Waals surface area contributed by atoms with Gasteiger partial charge in [0.05, 0.1) is 5.97 Å². The van der Waals surface area contributed by atoms with Crippen LogP contribution in [0.15, 0.2) is 17.7 Å². The van der Waals surface area contributed by atoms with E-state index in [4.69, 9.17) is 4.74 Å². The molecule has 0 bridgehead atoms. The SMILES string of the molecule is CCc1cc2c(c(CC)c1)OC(C(F)(F)F)C(C(=O)[O-])=C2.[Na+]. The summed E-state index contributed by atoms with van der Waals surface area (Å²) < 4.78 is 43.9. The van der Waals surface area contributed by atoms with Crippen molar-refractivity contribution in [3.8, 4) is 5.75 Å². The van der Waals surface area contributed by atoms with Gasteiger partial charge in [-0.1, -0.05) is 19.9 Å². The third-order valence-corrected chi connectivity index (χ3v) is 3.41. The molecular formula is C15H14F3NaO3.